The van der Waals surface area contributed by atoms with Crippen LogP contribution >= 0.6 is 27.3 Å². The Morgan fingerprint density at radius 3 is 2.64 bits per heavy atom. The summed E-state index contributed by atoms with van der Waals surface area (Å²) in [5.74, 6) is 0. The van der Waals surface area contributed by atoms with E-state index >= 15 is 0 Å². The number of sulfonamides is 1. The number of rotatable bonds is 3. The number of hydrogen-bond acceptors (Lipinski definition) is 5. The molecule has 0 radical (unpaired) electrons. The topological polar surface area (TPSA) is 63.2 Å². The second-order valence-corrected chi connectivity index (χ2v) is 10.1. The van der Waals surface area contributed by atoms with Gasteiger partial charge in [0.15, 0.2) is 0 Å². The quantitative estimate of drug-likeness (QED) is 0.612. The molecule has 2 aromatic heterocycles. The van der Waals surface area contributed by atoms with Gasteiger partial charge in [0.1, 0.15) is 10.5 Å². The molecule has 130 valence electrons. The zero-order valence-corrected chi connectivity index (χ0v) is 16.6. The van der Waals surface area contributed by atoms with Crippen molar-refractivity contribution in [2.24, 2.45) is 0 Å². The second-order valence-electron chi connectivity index (χ2n) is 5.97. The number of aromatic nitrogens is 2. The van der Waals surface area contributed by atoms with Crippen molar-refractivity contribution in [2.75, 3.05) is 13.1 Å². The van der Waals surface area contributed by atoms with Crippen molar-refractivity contribution in [2.45, 2.75) is 23.5 Å². The SMILES string of the molecule is O=S(=O)(c1ccc(-c2ncnc3ccc(Br)cc23)s1)N1CCCCC1. The van der Waals surface area contributed by atoms with Crippen LogP contribution < -0.4 is 0 Å². The molecule has 1 aliphatic heterocycles. The fourth-order valence-corrected chi connectivity index (χ4v) is 6.39. The third-order valence-electron chi connectivity index (χ3n) is 4.32. The van der Waals surface area contributed by atoms with Crippen LogP contribution in [0.1, 0.15) is 19.3 Å². The van der Waals surface area contributed by atoms with Crippen LogP contribution in [0.25, 0.3) is 21.5 Å². The molecule has 0 saturated carbocycles. The van der Waals surface area contributed by atoms with E-state index in [9.17, 15) is 8.42 Å². The number of nitrogens with zero attached hydrogens (tertiary/aromatic N) is 3. The monoisotopic (exact) mass is 437 g/mol. The molecule has 0 unspecified atom stereocenters. The molecular weight excluding hydrogens is 422 g/mol. The van der Waals surface area contributed by atoms with E-state index in [4.69, 9.17) is 0 Å². The Morgan fingerprint density at radius 1 is 1.04 bits per heavy atom. The standard InChI is InChI=1S/C17H16BrN3O2S2/c18-12-4-5-14-13(10-12)17(20-11-19-14)15-6-7-16(24-15)25(22,23)21-8-2-1-3-9-21/h4-7,10-11H,1-3,8-9H2. The van der Waals surface area contributed by atoms with Crippen LogP contribution in [0.15, 0.2) is 45.3 Å². The fraction of sp³-hybridized carbons (Fsp3) is 0.294. The molecule has 0 amide bonds. The number of benzene rings is 1. The Labute approximate surface area is 158 Å². The molecular formula is C17H16BrN3O2S2. The summed E-state index contributed by atoms with van der Waals surface area (Å²) in [5, 5.41) is 0.903. The van der Waals surface area contributed by atoms with Crippen LogP contribution in [0.3, 0.4) is 0 Å². The molecule has 1 aromatic carbocycles. The zero-order valence-electron chi connectivity index (χ0n) is 13.4. The highest BCUT2D eigenvalue weighted by atomic mass is 79.9. The summed E-state index contributed by atoms with van der Waals surface area (Å²) in [5.41, 5.74) is 1.60. The Hall–Kier alpha value is -1.35. The van der Waals surface area contributed by atoms with Gasteiger partial charge in [-0.1, -0.05) is 22.4 Å². The highest BCUT2D eigenvalue weighted by molar-refractivity contribution is 9.10. The zero-order chi connectivity index (χ0) is 17.4. The number of thiophene rings is 1. The summed E-state index contributed by atoms with van der Waals surface area (Å²) in [6, 6.07) is 9.34. The van der Waals surface area contributed by atoms with Gasteiger partial charge in [-0.2, -0.15) is 4.31 Å². The molecule has 8 heteroatoms. The molecule has 0 N–H and O–H groups in total. The van der Waals surface area contributed by atoms with E-state index in [1.165, 1.54) is 17.7 Å². The van der Waals surface area contributed by atoms with Crippen LogP contribution in [0, 0.1) is 0 Å². The maximum atomic E-state index is 12.8. The van der Waals surface area contributed by atoms with Crippen LogP contribution in [0.2, 0.25) is 0 Å². The average Bonchev–Trinajstić information content (AvgIpc) is 3.12. The molecule has 0 spiro atoms. The normalized spacial score (nSPS) is 16.4. The minimum absolute atomic E-state index is 0.381. The van der Waals surface area contributed by atoms with E-state index < -0.39 is 10.0 Å². The lowest BCUT2D eigenvalue weighted by molar-refractivity contribution is 0.347. The van der Waals surface area contributed by atoms with E-state index in [1.807, 2.05) is 24.3 Å². The highest BCUT2D eigenvalue weighted by Crippen LogP contribution is 2.35. The van der Waals surface area contributed by atoms with Crippen molar-refractivity contribution in [1.82, 2.24) is 14.3 Å². The summed E-state index contributed by atoms with van der Waals surface area (Å²) in [6.07, 6.45) is 4.48. The van der Waals surface area contributed by atoms with Gasteiger partial charge in [-0.3, -0.25) is 0 Å². The molecule has 0 atom stereocenters. The molecule has 0 aliphatic carbocycles. The molecule has 0 bridgehead atoms. The van der Waals surface area contributed by atoms with Crippen molar-refractivity contribution in [1.29, 1.82) is 0 Å². The van der Waals surface area contributed by atoms with Gasteiger partial charge < -0.3 is 0 Å². The highest BCUT2D eigenvalue weighted by Gasteiger charge is 2.27. The first kappa shape index (κ1) is 17.1. The third-order valence-corrected chi connectivity index (χ3v) is 8.27. The minimum atomic E-state index is -3.41. The van der Waals surface area contributed by atoms with Crippen LogP contribution in [-0.4, -0.2) is 35.8 Å². The predicted octanol–water partition coefficient (Wildman–Crippen LogP) is 4.30. The first-order chi connectivity index (χ1) is 12.1. The van der Waals surface area contributed by atoms with E-state index in [1.54, 1.807) is 10.4 Å². The van der Waals surface area contributed by atoms with Gasteiger partial charge in [-0.05, 0) is 43.2 Å². The van der Waals surface area contributed by atoms with Crippen LogP contribution in [-0.2, 0) is 10.0 Å². The van der Waals surface area contributed by atoms with Crippen LogP contribution in [0.4, 0.5) is 0 Å². The largest absolute Gasteiger partial charge is 0.252 e. The predicted molar refractivity (Wildman–Crippen MR) is 103 cm³/mol. The van der Waals surface area contributed by atoms with Gasteiger partial charge in [-0.25, -0.2) is 18.4 Å². The lowest BCUT2D eigenvalue weighted by Gasteiger charge is -2.25. The number of halogens is 1. The number of piperidine rings is 1. The van der Waals surface area contributed by atoms with Crippen LogP contribution in [0.5, 0.6) is 0 Å². The first-order valence-corrected chi connectivity index (χ1v) is 11.1. The summed E-state index contributed by atoms with van der Waals surface area (Å²) < 4.78 is 28.6. The lowest BCUT2D eigenvalue weighted by Crippen LogP contribution is -2.35. The van der Waals surface area contributed by atoms with Gasteiger partial charge in [0.2, 0.25) is 0 Å². The Balaban J connectivity index is 1.76. The Bertz CT molecular complexity index is 1030. The smallest absolute Gasteiger partial charge is 0.236 e. The van der Waals surface area contributed by atoms with Gasteiger partial charge in [-0.15, -0.1) is 11.3 Å². The number of fused-ring (bicyclic) bond motifs is 1. The average molecular weight is 438 g/mol. The summed E-state index contributed by atoms with van der Waals surface area (Å²) in [6.45, 7) is 1.22. The molecule has 4 rings (SSSR count). The molecule has 5 nitrogen and oxygen atoms in total. The molecule has 3 heterocycles. The molecule has 25 heavy (non-hydrogen) atoms. The van der Waals surface area contributed by atoms with Crippen molar-refractivity contribution in [3.63, 3.8) is 0 Å². The summed E-state index contributed by atoms with van der Waals surface area (Å²) >= 11 is 4.75. The van der Waals surface area contributed by atoms with Gasteiger partial charge >= 0.3 is 0 Å². The van der Waals surface area contributed by atoms with Crippen molar-refractivity contribution < 1.29 is 8.42 Å². The first-order valence-electron chi connectivity index (χ1n) is 8.06. The Morgan fingerprint density at radius 2 is 1.84 bits per heavy atom. The Kier molecular flexibility index (Phi) is 4.61. The van der Waals surface area contributed by atoms with E-state index in [0.717, 1.165) is 45.2 Å². The third kappa shape index (κ3) is 3.23. The number of hydrogen-bond donors (Lipinski definition) is 0. The maximum absolute atomic E-state index is 12.8. The van der Waals surface area contributed by atoms with E-state index in [0.29, 0.717) is 17.3 Å². The van der Waals surface area contributed by atoms with E-state index in [-0.39, 0.29) is 0 Å². The van der Waals surface area contributed by atoms with Crippen molar-refractivity contribution >= 4 is 48.2 Å². The molecule has 1 fully saturated rings. The van der Waals surface area contributed by atoms with Gasteiger partial charge in [0, 0.05) is 22.9 Å². The van der Waals surface area contributed by atoms with E-state index in [2.05, 4.69) is 25.9 Å². The fourth-order valence-electron chi connectivity index (χ4n) is 3.04. The van der Waals surface area contributed by atoms with Crippen molar-refractivity contribution in [3.05, 3.63) is 41.1 Å². The molecule has 1 saturated heterocycles. The molecule has 3 aromatic rings. The van der Waals surface area contributed by atoms with Gasteiger partial charge in [0.05, 0.1) is 16.1 Å². The summed E-state index contributed by atoms with van der Waals surface area (Å²) in [4.78, 5) is 9.51. The maximum Gasteiger partial charge on any atom is 0.252 e. The second kappa shape index (κ2) is 6.75. The van der Waals surface area contributed by atoms with Crippen molar-refractivity contribution in [3.8, 4) is 10.6 Å². The summed E-state index contributed by atoms with van der Waals surface area (Å²) in [7, 11) is -3.41. The minimum Gasteiger partial charge on any atom is -0.236 e. The lowest BCUT2D eigenvalue weighted by atomic mass is 10.1. The van der Waals surface area contributed by atoms with Gasteiger partial charge in [0.25, 0.3) is 10.0 Å². The molecule has 1 aliphatic rings.